The molecule has 0 unspecified atom stereocenters. The van der Waals surface area contributed by atoms with Crippen molar-refractivity contribution in [3.8, 4) is 0 Å². The average Bonchev–Trinajstić information content (AvgIpc) is 2.75. The second-order valence-electron chi connectivity index (χ2n) is 7.35. The Morgan fingerprint density at radius 2 is 1.79 bits per heavy atom. The van der Waals surface area contributed by atoms with E-state index < -0.39 is 0 Å². The second kappa shape index (κ2) is 11.2. The number of hydrogen-bond donors (Lipinski definition) is 2. The molecule has 156 valence electrons. The van der Waals surface area contributed by atoms with Gasteiger partial charge >= 0.3 is 0 Å². The highest BCUT2D eigenvalue weighted by Crippen LogP contribution is 2.22. The van der Waals surface area contributed by atoms with E-state index in [1.54, 1.807) is 0 Å². The molecule has 2 aromatic carbocycles. The van der Waals surface area contributed by atoms with Crippen molar-refractivity contribution in [3.05, 3.63) is 65.5 Å². The topological polar surface area (TPSA) is 36.5 Å². The highest BCUT2D eigenvalue weighted by molar-refractivity contribution is 7.80. The summed E-state index contributed by atoms with van der Waals surface area (Å²) in [6.45, 7) is 5.98. The first kappa shape index (κ1) is 21.7. The van der Waals surface area contributed by atoms with Crippen molar-refractivity contribution in [1.82, 2.24) is 10.2 Å². The van der Waals surface area contributed by atoms with Crippen LogP contribution in [0.1, 0.15) is 36.9 Å². The molecule has 3 rings (SSSR count). The van der Waals surface area contributed by atoms with Crippen LogP contribution in [0.25, 0.3) is 0 Å². The minimum Gasteiger partial charge on any atom is -0.379 e. The Balaban J connectivity index is 1.58. The summed E-state index contributed by atoms with van der Waals surface area (Å²) in [4.78, 5) is 2.36. The van der Waals surface area contributed by atoms with Gasteiger partial charge in [0.2, 0.25) is 0 Å². The summed E-state index contributed by atoms with van der Waals surface area (Å²) in [7, 11) is 0. The van der Waals surface area contributed by atoms with Crippen molar-refractivity contribution >= 4 is 23.0 Å². The summed E-state index contributed by atoms with van der Waals surface area (Å²) in [6, 6.07) is 15.3. The van der Waals surface area contributed by atoms with Crippen molar-refractivity contribution in [2.75, 3.05) is 38.2 Å². The first-order chi connectivity index (χ1) is 14.2. The zero-order valence-corrected chi connectivity index (χ0v) is 17.8. The largest absolute Gasteiger partial charge is 0.379 e. The molecular weight excluding hydrogens is 385 g/mol. The molecule has 1 fully saturated rings. The SMILES string of the molecule is CCCCc1ccc(NC(=S)NC[C@H](c2ccc(F)cc2)N2CCOCC2)cc1. The standard InChI is InChI=1S/C23H30FN3OS/c1-2-3-4-18-5-11-21(12-6-18)26-23(29)25-17-22(27-13-15-28-16-14-27)19-7-9-20(24)10-8-19/h5-12,22H,2-4,13-17H2,1H3,(H2,25,26,29)/t22-/m1/s1. The lowest BCUT2D eigenvalue weighted by Gasteiger charge is -2.35. The van der Waals surface area contributed by atoms with Gasteiger partial charge in [0.15, 0.2) is 5.11 Å². The number of benzene rings is 2. The highest BCUT2D eigenvalue weighted by Gasteiger charge is 2.22. The molecule has 0 aromatic heterocycles. The van der Waals surface area contributed by atoms with Crippen LogP contribution < -0.4 is 10.6 Å². The Morgan fingerprint density at radius 1 is 1.10 bits per heavy atom. The number of anilines is 1. The number of ether oxygens (including phenoxy) is 1. The Bertz CT molecular complexity index is 761. The number of nitrogens with zero attached hydrogens (tertiary/aromatic N) is 1. The van der Waals surface area contributed by atoms with Crippen molar-refractivity contribution in [3.63, 3.8) is 0 Å². The van der Waals surface area contributed by atoms with Gasteiger partial charge in [-0.2, -0.15) is 0 Å². The van der Waals surface area contributed by atoms with Gasteiger partial charge in [0, 0.05) is 25.3 Å². The molecule has 1 aliphatic rings. The summed E-state index contributed by atoms with van der Waals surface area (Å²) in [5.74, 6) is -0.220. The van der Waals surface area contributed by atoms with Crippen molar-refractivity contribution in [2.24, 2.45) is 0 Å². The van der Waals surface area contributed by atoms with E-state index in [0.717, 1.165) is 30.8 Å². The van der Waals surface area contributed by atoms with Crippen molar-refractivity contribution in [2.45, 2.75) is 32.2 Å². The van der Waals surface area contributed by atoms with Gasteiger partial charge < -0.3 is 15.4 Å². The van der Waals surface area contributed by atoms with Gasteiger partial charge in [0.05, 0.1) is 19.3 Å². The van der Waals surface area contributed by atoms with Gasteiger partial charge in [0.1, 0.15) is 5.82 Å². The monoisotopic (exact) mass is 415 g/mol. The molecule has 0 amide bonds. The predicted octanol–water partition coefficient (Wildman–Crippen LogP) is 4.53. The fourth-order valence-electron chi connectivity index (χ4n) is 3.53. The molecule has 0 spiro atoms. The first-order valence-electron chi connectivity index (χ1n) is 10.4. The molecule has 0 radical (unpaired) electrons. The van der Waals surface area contributed by atoms with Gasteiger partial charge in [-0.3, -0.25) is 4.90 Å². The molecule has 0 saturated carbocycles. The number of thiocarbonyl (C=S) groups is 1. The molecule has 6 heteroatoms. The molecule has 4 nitrogen and oxygen atoms in total. The Labute approximate surface area is 178 Å². The Morgan fingerprint density at radius 3 is 2.45 bits per heavy atom. The van der Waals surface area contributed by atoms with Crippen LogP contribution in [0, 0.1) is 5.82 Å². The molecule has 29 heavy (non-hydrogen) atoms. The maximum Gasteiger partial charge on any atom is 0.170 e. The van der Waals surface area contributed by atoms with Crippen LogP contribution in [0.3, 0.4) is 0 Å². The molecule has 2 N–H and O–H groups in total. The van der Waals surface area contributed by atoms with E-state index in [4.69, 9.17) is 17.0 Å². The number of hydrogen-bond acceptors (Lipinski definition) is 3. The van der Waals surface area contributed by atoms with E-state index in [-0.39, 0.29) is 11.9 Å². The molecule has 1 atom stereocenters. The number of morpholine rings is 1. The summed E-state index contributed by atoms with van der Waals surface area (Å²) in [6.07, 6.45) is 3.52. The van der Waals surface area contributed by atoms with Crippen LogP contribution in [0.15, 0.2) is 48.5 Å². The van der Waals surface area contributed by atoms with Crippen LogP contribution in [0.4, 0.5) is 10.1 Å². The molecule has 0 bridgehead atoms. The maximum absolute atomic E-state index is 13.4. The third-order valence-corrected chi connectivity index (χ3v) is 5.47. The minimum atomic E-state index is -0.220. The lowest BCUT2D eigenvalue weighted by molar-refractivity contribution is 0.0170. The second-order valence-corrected chi connectivity index (χ2v) is 7.76. The summed E-state index contributed by atoms with van der Waals surface area (Å²) < 4.78 is 18.8. The highest BCUT2D eigenvalue weighted by atomic mass is 32.1. The van der Waals surface area contributed by atoms with Crippen molar-refractivity contribution < 1.29 is 9.13 Å². The van der Waals surface area contributed by atoms with Gasteiger partial charge in [-0.05, 0) is 60.5 Å². The summed E-state index contributed by atoms with van der Waals surface area (Å²) in [5, 5.41) is 7.19. The first-order valence-corrected chi connectivity index (χ1v) is 10.8. The fourth-order valence-corrected chi connectivity index (χ4v) is 3.73. The van der Waals surface area contributed by atoms with E-state index in [2.05, 4.69) is 46.7 Å². The number of nitrogens with one attached hydrogen (secondary N) is 2. The van der Waals surface area contributed by atoms with Crippen LogP contribution >= 0.6 is 12.2 Å². The van der Waals surface area contributed by atoms with Crippen LogP contribution in [0.2, 0.25) is 0 Å². The van der Waals surface area contributed by atoms with E-state index in [0.29, 0.717) is 24.9 Å². The quantitative estimate of drug-likeness (QED) is 0.620. The Hall–Kier alpha value is -2.02. The van der Waals surface area contributed by atoms with Crippen LogP contribution in [-0.2, 0) is 11.2 Å². The normalized spacial score (nSPS) is 15.7. The summed E-state index contributed by atoms with van der Waals surface area (Å²) >= 11 is 5.50. The lowest BCUT2D eigenvalue weighted by atomic mass is 10.0. The van der Waals surface area contributed by atoms with E-state index in [1.165, 1.54) is 30.5 Å². The zero-order valence-electron chi connectivity index (χ0n) is 17.0. The van der Waals surface area contributed by atoms with Gasteiger partial charge in [-0.1, -0.05) is 37.6 Å². The van der Waals surface area contributed by atoms with E-state index in [1.807, 2.05) is 12.1 Å². The number of unbranched alkanes of at least 4 members (excludes halogenated alkanes) is 1. The molecular formula is C23H30FN3OS. The van der Waals surface area contributed by atoms with Crippen LogP contribution in [-0.4, -0.2) is 42.9 Å². The minimum absolute atomic E-state index is 0.107. The number of halogens is 1. The molecule has 0 aliphatic carbocycles. The maximum atomic E-state index is 13.4. The van der Waals surface area contributed by atoms with Crippen LogP contribution in [0.5, 0.6) is 0 Å². The van der Waals surface area contributed by atoms with Gasteiger partial charge in [-0.25, -0.2) is 4.39 Å². The fraction of sp³-hybridized carbons (Fsp3) is 0.435. The smallest absolute Gasteiger partial charge is 0.170 e. The third kappa shape index (κ3) is 6.77. The third-order valence-electron chi connectivity index (χ3n) is 5.23. The summed E-state index contributed by atoms with van der Waals surface area (Å²) in [5.41, 5.74) is 3.40. The van der Waals surface area contributed by atoms with E-state index in [9.17, 15) is 4.39 Å². The average molecular weight is 416 g/mol. The zero-order chi connectivity index (χ0) is 20.5. The van der Waals surface area contributed by atoms with Gasteiger partial charge in [-0.15, -0.1) is 0 Å². The van der Waals surface area contributed by atoms with E-state index >= 15 is 0 Å². The predicted molar refractivity (Wildman–Crippen MR) is 121 cm³/mol. The number of aryl methyl sites for hydroxylation is 1. The van der Waals surface area contributed by atoms with Gasteiger partial charge in [0.25, 0.3) is 0 Å². The Kier molecular flexibility index (Phi) is 8.40. The molecule has 1 heterocycles. The molecule has 1 aliphatic heterocycles. The lowest BCUT2D eigenvalue weighted by Crippen LogP contribution is -2.44. The molecule has 1 saturated heterocycles. The number of rotatable bonds is 8. The molecule has 2 aromatic rings. The van der Waals surface area contributed by atoms with Crippen molar-refractivity contribution in [1.29, 1.82) is 0 Å².